The van der Waals surface area contributed by atoms with Crippen LogP contribution in [-0.2, 0) is 12.4 Å². The Morgan fingerprint density at radius 3 is 2.10 bits per heavy atom. The monoisotopic (exact) mass is 311 g/mol. The van der Waals surface area contributed by atoms with E-state index in [1.54, 1.807) is 5.10 Å². The average Bonchev–Trinajstić information content (AvgIpc) is 2.65. The highest BCUT2D eigenvalue weighted by atomic mass is 19.4. The third-order valence-corrected chi connectivity index (χ3v) is 2.71. The Morgan fingerprint density at radius 2 is 1.71 bits per heavy atom. The molecule has 1 N–H and O–H groups in total. The molecule has 0 saturated carbocycles. The number of aromatic nitrogens is 3. The highest BCUT2D eigenvalue weighted by Gasteiger charge is 2.37. The number of nitrogens with one attached hydrogen (secondary N) is 1. The quantitative estimate of drug-likeness (QED) is 0.823. The van der Waals surface area contributed by atoms with E-state index in [0.717, 1.165) is 13.0 Å². The number of H-pyrrole nitrogens is 1. The number of hydrogen-bond acceptors (Lipinski definition) is 2. The van der Waals surface area contributed by atoms with Gasteiger partial charge in [0.05, 0.1) is 5.56 Å². The van der Waals surface area contributed by atoms with Gasteiger partial charge in [-0.25, -0.2) is 9.67 Å². The maximum absolute atomic E-state index is 12.6. The van der Waals surface area contributed by atoms with Crippen LogP contribution in [0.2, 0.25) is 0 Å². The molecule has 114 valence electrons. The molecule has 21 heavy (non-hydrogen) atoms. The Labute approximate surface area is 113 Å². The maximum atomic E-state index is 12.6. The van der Waals surface area contributed by atoms with Crippen molar-refractivity contribution in [2.45, 2.75) is 19.3 Å². The van der Waals surface area contributed by atoms with E-state index >= 15 is 0 Å². The zero-order valence-electron chi connectivity index (χ0n) is 10.3. The van der Waals surface area contributed by atoms with Crippen molar-refractivity contribution in [3.63, 3.8) is 0 Å². The summed E-state index contributed by atoms with van der Waals surface area (Å²) in [4.78, 5) is 15.0. The Hall–Kier alpha value is -2.26. The molecule has 10 heteroatoms. The first-order chi connectivity index (χ1) is 9.51. The minimum atomic E-state index is -4.78. The van der Waals surface area contributed by atoms with Crippen molar-refractivity contribution in [1.82, 2.24) is 14.8 Å². The van der Waals surface area contributed by atoms with Crippen LogP contribution in [0.3, 0.4) is 0 Å². The summed E-state index contributed by atoms with van der Waals surface area (Å²) >= 11 is 0. The van der Waals surface area contributed by atoms with E-state index in [0.29, 0.717) is 16.9 Å². The summed E-state index contributed by atoms with van der Waals surface area (Å²) in [5.74, 6) is -0.369. The van der Waals surface area contributed by atoms with E-state index in [2.05, 4.69) is 4.98 Å². The Kier molecular flexibility index (Phi) is 3.34. The van der Waals surface area contributed by atoms with Crippen molar-refractivity contribution in [3.05, 3.63) is 45.5 Å². The van der Waals surface area contributed by atoms with E-state index in [1.807, 2.05) is 0 Å². The molecule has 0 saturated heterocycles. The van der Waals surface area contributed by atoms with Gasteiger partial charge < -0.3 is 0 Å². The Balaban J connectivity index is 2.51. The summed E-state index contributed by atoms with van der Waals surface area (Å²) in [6.07, 6.45) is -8.97. The second kappa shape index (κ2) is 4.64. The number of nitrogens with zero attached hydrogens (tertiary/aromatic N) is 2. The summed E-state index contributed by atoms with van der Waals surface area (Å²) < 4.78 is 75.4. The lowest BCUT2D eigenvalue weighted by molar-refractivity contribution is -0.141. The van der Waals surface area contributed by atoms with Crippen LogP contribution in [0, 0.1) is 6.92 Å². The lowest BCUT2D eigenvalue weighted by Gasteiger charge is -2.07. The molecule has 2 aromatic heterocycles. The van der Waals surface area contributed by atoms with E-state index in [-0.39, 0.29) is 5.82 Å². The minimum absolute atomic E-state index is 0.369. The topological polar surface area (TPSA) is 50.7 Å². The SMILES string of the molecule is Cc1c(C(F)(F)F)[nH]n(-c2ccc(C(F)(F)F)cn2)c1=O. The number of hydrogen-bond donors (Lipinski definition) is 1. The molecule has 0 bridgehead atoms. The van der Waals surface area contributed by atoms with Crippen LogP contribution in [-0.4, -0.2) is 14.8 Å². The first kappa shape index (κ1) is 15.1. The van der Waals surface area contributed by atoms with Crippen molar-refractivity contribution in [2.75, 3.05) is 0 Å². The van der Waals surface area contributed by atoms with Crippen molar-refractivity contribution < 1.29 is 26.3 Å². The van der Waals surface area contributed by atoms with Crippen LogP contribution in [0.25, 0.3) is 5.82 Å². The van der Waals surface area contributed by atoms with Crippen LogP contribution < -0.4 is 5.56 Å². The van der Waals surface area contributed by atoms with Crippen LogP contribution in [0.15, 0.2) is 23.1 Å². The third kappa shape index (κ3) is 2.78. The Bertz CT molecular complexity index is 708. The van der Waals surface area contributed by atoms with Crippen LogP contribution in [0.5, 0.6) is 0 Å². The highest BCUT2D eigenvalue weighted by Crippen LogP contribution is 2.30. The van der Waals surface area contributed by atoms with Crippen LogP contribution in [0.1, 0.15) is 16.8 Å². The van der Waals surface area contributed by atoms with E-state index in [9.17, 15) is 31.1 Å². The molecule has 0 aliphatic rings. The van der Waals surface area contributed by atoms with Crippen molar-refractivity contribution >= 4 is 0 Å². The van der Waals surface area contributed by atoms with E-state index in [1.165, 1.54) is 0 Å². The second-order valence-corrected chi connectivity index (χ2v) is 4.15. The van der Waals surface area contributed by atoms with Gasteiger partial charge in [-0.3, -0.25) is 9.89 Å². The summed E-state index contributed by atoms with van der Waals surface area (Å²) in [5, 5.41) is 1.80. The zero-order chi connectivity index (χ0) is 16.0. The molecule has 0 radical (unpaired) electrons. The highest BCUT2D eigenvalue weighted by molar-refractivity contribution is 5.29. The number of rotatable bonds is 1. The fraction of sp³-hybridized carbons (Fsp3) is 0.273. The lowest BCUT2D eigenvalue weighted by Crippen LogP contribution is -2.17. The van der Waals surface area contributed by atoms with E-state index < -0.39 is 34.7 Å². The van der Waals surface area contributed by atoms with Gasteiger partial charge in [-0.15, -0.1) is 0 Å². The zero-order valence-corrected chi connectivity index (χ0v) is 10.3. The standard InChI is InChI=1S/C11H7F6N3O/c1-5-8(11(15,16)17)19-20(9(5)21)7-3-2-6(4-18-7)10(12,13)14/h2-4,19H,1H3. The molecule has 4 nitrogen and oxygen atoms in total. The summed E-state index contributed by atoms with van der Waals surface area (Å²) in [6.45, 7) is 0.961. The largest absolute Gasteiger partial charge is 0.433 e. The number of alkyl halides is 6. The predicted octanol–water partition coefficient (Wildman–Crippen LogP) is 2.91. The maximum Gasteiger partial charge on any atom is 0.433 e. The molecule has 0 amide bonds. The van der Waals surface area contributed by atoms with Crippen molar-refractivity contribution in [3.8, 4) is 5.82 Å². The first-order valence-corrected chi connectivity index (χ1v) is 5.44. The molecule has 2 heterocycles. The van der Waals surface area contributed by atoms with Gasteiger partial charge in [-0.1, -0.05) is 0 Å². The second-order valence-electron chi connectivity index (χ2n) is 4.15. The fourth-order valence-electron chi connectivity index (χ4n) is 1.64. The van der Waals surface area contributed by atoms with E-state index in [4.69, 9.17) is 0 Å². The number of aromatic amines is 1. The van der Waals surface area contributed by atoms with Gasteiger partial charge in [-0.05, 0) is 19.1 Å². The summed E-state index contributed by atoms with van der Waals surface area (Å²) in [7, 11) is 0. The predicted molar refractivity (Wildman–Crippen MR) is 58.9 cm³/mol. The van der Waals surface area contributed by atoms with Gasteiger partial charge in [0.2, 0.25) is 0 Å². The molecule has 0 spiro atoms. The third-order valence-electron chi connectivity index (χ3n) is 2.71. The van der Waals surface area contributed by atoms with Gasteiger partial charge in [0.25, 0.3) is 5.56 Å². The lowest BCUT2D eigenvalue weighted by atomic mass is 10.2. The van der Waals surface area contributed by atoms with Crippen LogP contribution in [0.4, 0.5) is 26.3 Å². The van der Waals surface area contributed by atoms with Crippen molar-refractivity contribution in [2.24, 2.45) is 0 Å². The average molecular weight is 311 g/mol. The molecule has 0 atom stereocenters. The molecular formula is C11H7F6N3O. The van der Waals surface area contributed by atoms with Gasteiger partial charge in [0.1, 0.15) is 5.69 Å². The molecule has 0 unspecified atom stereocenters. The van der Waals surface area contributed by atoms with Gasteiger partial charge in [-0.2, -0.15) is 26.3 Å². The molecule has 0 aliphatic carbocycles. The molecular weight excluding hydrogens is 304 g/mol. The fourth-order valence-corrected chi connectivity index (χ4v) is 1.64. The molecule has 0 fully saturated rings. The number of halogens is 6. The molecule has 2 rings (SSSR count). The summed E-state index contributed by atoms with van der Waals surface area (Å²) in [5.41, 5.74) is -3.97. The summed E-state index contributed by atoms with van der Waals surface area (Å²) in [6, 6.07) is 1.43. The molecule has 2 aromatic rings. The van der Waals surface area contributed by atoms with Crippen molar-refractivity contribution in [1.29, 1.82) is 0 Å². The van der Waals surface area contributed by atoms with Gasteiger partial charge in [0, 0.05) is 11.8 Å². The Morgan fingerprint density at radius 1 is 1.10 bits per heavy atom. The normalized spacial score (nSPS) is 12.7. The smallest absolute Gasteiger partial charge is 0.285 e. The van der Waals surface area contributed by atoms with Gasteiger partial charge in [0.15, 0.2) is 5.82 Å². The first-order valence-electron chi connectivity index (χ1n) is 5.44. The minimum Gasteiger partial charge on any atom is -0.285 e. The molecule has 0 aliphatic heterocycles. The van der Waals surface area contributed by atoms with Gasteiger partial charge >= 0.3 is 12.4 Å². The number of pyridine rings is 1. The van der Waals surface area contributed by atoms with Crippen LogP contribution >= 0.6 is 0 Å². The molecule has 0 aromatic carbocycles.